The van der Waals surface area contributed by atoms with Crippen LogP contribution in [-0.4, -0.2) is 24.9 Å². The van der Waals surface area contributed by atoms with E-state index in [9.17, 15) is 0 Å². The summed E-state index contributed by atoms with van der Waals surface area (Å²) in [6.45, 7) is 4.82. The van der Waals surface area contributed by atoms with Crippen molar-refractivity contribution in [2.75, 3.05) is 19.8 Å². The van der Waals surface area contributed by atoms with Crippen LogP contribution in [0.15, 0.2) is 36.4 Å². The van der Waals surface area contributed by atoms with Gasteiger partial charge in [0.25, 0.3) is 0 Å². The van der Waals surface area contributed by atoms with Crippen LogP contribution in [0.25, 0.3) is 0 Å². The van der Waals surface area contributed by atoms with Gasteiger partial charge in [-0.25, -0.2) is 0 Å². The molecule has 0 aliphatic rings. The van der Waals surface area contributed by atoms with Crippen LogP contribution in [0, 0.1) is 0 Å². The molecular formula is C21H28Cl3NO3. The van der Waals surface area contributed by atoms with Crippen LogP contribution in [-0.2, 0) is 13.2 Å². The first kappa shape index (κ1) is 24.9. The number of unbranched alkanes of at least 4 members (excludes halogenated alkanes) is 2. The summed E-state index contributed by atoms with van der Waals surface area (Å²) >= 11 is 12.1. The molecule has 0 fully saturated rings. The standard InChI is InChI=1S/C21H27Cl2NO3.ClH/c1-2-26-21-12-16(14-24-10-4-3-5-11-25)6-9-20(21)27-15-17-7-8-18(22)13-19(17)23;/h6-9,12-13,24-25H,2-5,10-11,14-15H2,1H3;1H. The SMILES string of the molecule is CCOc1cc(CNCCCCCO)ccc1OCc1ccc(Cl)cc1Cl.Cl. The van der Waals surface area contributed by atoms with Gasteiger partial charge in [0.1, 0.15) is 6.61 Å². The average Bonchev–Trinajstić information content (AvgIpc) is 2.65. The normalized spacial score (nSPS) is 10.4. The Morgan fingerprint density at radius 1 is 0.964 bits per heavy atom. The molecule has 0 aromatic heterocycles. The lowest BCUT2D eigenvalue weighted by atomic mass is 10.2. The number of benzene rings is 2. The maximum atomic E-state index is 8.79. The highest BCUT2D eigenvalue weighted by Gasteiger charge is 2.09. The molecule has 0 bridgehead atoms. The van der Waals surface area contributed by atoms with E-state index in [-0.39, 0.29) is 19.0 Å². The second-order valence-corrected chi connectivity index (χ2v) is 7.04. The molecule has 0 atom stereocenters. The van der Waals surface area contributed by atoms with Crippen molar-refractivity contribution >= 4 is 35.6 Å². The smallest absolute Gasteiger partial charge is 0.161 e. The topological polar surface area (TPSA) is 50.7 Å². The molecule has 0 saturated carbocycles. The Kier molecular flexibility index (Phi) is 12.4. The summed E-state index contributed by atoms with van der Waals surface area (Å²) in [5, 5.41) is 13.4. The number of aliphatic hydroxyl groups is 1. The molecule has 4 nitrogen and oxygen atoms in total. The zero-order valence-electron chi connectivity index (χ0n) is 16.0. The molecule has 0 spiro atoms. The summed E-state index contributed by atoms with van der Waals surface area (Å²) < 4.78 is 11.7. The maximum absolute atomic E-state index is 8.79. The fraction of sp³-hybridized carbons (Fsp3) is 0.429. The minimum Gasteiger partial charge on any atom is -0.490 e. The number of hydrogen-bond acceptors (Lipinski definition) is 4. The third-order valence-corrected chi connectivity index (χ3v) is 4.63. The summed E-state index contributed by atoms with van der Waals surface area (Å²) in [4.78, 5) is 0. The Morgan fingerprint density at radius 2 is 1.79 bits per heavy atom. The Labute approximate surface area is 183 Å². The molecule has 0 aliphatic heterocycles. The van der Waals surface area contributed by atoms with Crippen molar-refractivity contribution in [3.63, 3.8) is 0 Å². The third-order valence-electron chi connectivity index (χ3n) is 4.05. The van der Waals surface area contributed by atoms with Gasteiger partial charge < -0.3 is 19.9 Å². The highest BCUT2D eigenvalue weighted by Crippen LogP contribution is 2.30. The van der Waals surface area contributed by atoms with Gasteiger partial charge in [0.2, 0.25) is 0 Å². The van der Waals surface area contributed by atoms with E-state index < -0.39 is 0 Å². The first-order valence-electron chi connectivity index (χ1n) is 9.28. The molecule has 0 aliphatic carbocycles. The van der Waals surface area contributed by atoms with Gasteiger partial charge in [-0.3, -0.25) is 0 Å². The zero-order valence-corrected chi connectivity index (χ0v) is 18.4. The van der Waals surface area contributed by atoms with E-state index in [0.29, 0.717) is 29.0 Å². The van der Waals surface area contributed by atoms with Crippen LogP contribution in [0.2, 0.25) is 10.0 Å². The first-order valence-corrected chi connectivity index (χ1v) is 10.0. The number of hydrogen-bond donors (Lipinski definition) is 2. The summed E-state index contributed by atoms with van der Waals surface area (Å²) in [6.07, 6.45) is 2.95. The largest absolute Gasteiger partial charge is 0.490 e. The zero-order chi connectivity index (χ0) is 19.5. The number of ether oxygens (including phenoxy) is 2. The lowest BCUT2D eigenvalue weighted by Gasteiger charge is -2.14. The number of nitrogens with one attached hydrogen (secondary N) is 1. The molecule has 0 radical (unpaired) electrons. The Balaban J connectivity index is 0.00000392. The predicted molar refractivity (Wildman–Crippen MR) is 118 cm³/mol. The second-order valence-electron chi connectivity index (χ2n) is 6.20. The molecule has 28 heavy (non-hydrogen) atoms. The van der Waals surface area contributed by atoms with Gasteiger partial charge in [0, 0.05) is 28.8 Å². The van der Waals surface area contributed by atoms with Crippen LogP contribution < -0.4 is 14.8 Å². The molecule has 0 saturated heterocycles. The van der Waals surface area contributed by atoms with Crippen LogP contribution in [0.1, 0.15) is 37.3 Å². The highest BCUT2D eigenvalue weighted by molar-refractivity contribution is 6.35. The van der Waals surface area contributed by atoms with Crippen molar-refractivity contribution in [1.29, 1.82) is 0 Å². The molecule has 2 aromatic rings. The first-order chi connectivity index (χ1) is 13.1. The fourth-order valence-electron chi connectivity index (χ4n) is 2.62. The molecule has 0 heterocycles. The lowest BCUT2D eigenvalue weighted by molar-refractivity contribution is 0.269. The Morgan fingerprint density at radius 3 is 2.50 bits per heavy atom. The number of halogens is 3. The third kappa shape index (κ3) is 8.46. The highest BCUT2D eigenvalue weighted by atomic mass is 35.5. The van der Waals surface area contributed by atoms with Crippen molar-refractivity contribution < 1.29 is 14.6 Å². The minimum atomic E-state index is 0. The Bertz CT molecular complexity index is 713. The predicted octanol–water partition coefficient (Wildman–Crippen LogP) is 5.65. The average molecular weight is 449 g/mol. The van der Waals surface area contributed by atoms with Crippen molar-refractivity contribution in [3.05, 3.63) is 57.6 Å². The van der Waals surface area contributed by atoms with E-state index >= 15 is 0 Å². The molecule has 156 valence electrons. The molecule has 0 amide bonds. The van der Waals surface area contributed by atoms with E-state index in [4.69, 9.17) is 37.8 Å². The van der Waals surface area contributed by atoms with Crippen molar-refractivity contribution in [1.82, 2.24) is 5.32 Å². The lowest BCUT2D eigenvalue weighted by Crippen LogP contribution is -2.15. The van der Waals surface area contributed by atoms with Crippen LogP contribution in [0.3, 0.4) is 0 Å². The van der Waals surface area contributed by atoms with Crippen molar-refractivity contribution in [2.45, 2.75) is 39.3 Å². The van der Waals surface area contributed by atoms with Gasteiger partial charge in [-0.15, -0.1) is 12.4 Å². The second kappa shape index (κ2) is 13.9. The van der Waals surface area contributed by atoms with Gasteiger partial charge in [-0.2, -0.15) is 0 Å². The van der Waals surface area contributed by atoms with Gasteiger partial charge in [0.15, 0.2) is 11.5 Å². The summed E-state index contributed by atoms with van der Waals surface area (Å²) in [7, 11) is 0. The van der Waals surface area contributed by atoms with E-state index in [1.807, 2.05) is 31.2 Å². The van der Waals surface area contributed by atoms with Crippen LogP contribution in [0.4, 0.5) is 0 Å². The van der Waals surface area contributed by atoms with E-state index in [1.165, 1.54) is 0 Å². The molecule has 2 rings (SSSR count). The number of rotatable bonds is 12. The number of aliphatic hydroxyl groups excluding tert-OH is 1. The van der Waals surface area contributed by atoms with Crippen molar-refractivity contribution in [3.8, 4) is 11.5 Å². The molecule has 0 unspecified atom stereocenters. The summed E-state index contributed by atoms with van der Waals surface area (Å²) in [5.74, 6) is 1.41. The van der Waals surface area contributed by atoms with Gasteiger partial charge in [-0.1, -0.05) is 35.3 Å². The van der Waals surface area contributed by atoms with Crippen LogP contribution >= 0.6 is 35.6 Å². The molecule has 2 aromatic carbocycles. The molecule has 7 heteroatoms. The summed E-state index contributed by atoms with van der Waals surface area (Å²) in [5.41, 5.74) is 2.01. The summed E-state index contributed by atoms with van der Waals surface area (Å²) in [6, 6.07) is 11.3. The van der Waals surface area contributed by atoms with Crippen LogP contribution in [0.5, 0.6) is 11.5 Å². The van der Waals surface area contributed by atoms with Crippen molar-refractivity contribution in [2.24, 2.45) is 0 Å². The van der Waals surface area contributed by atoms with Gasteiger partial charge in [0.05, 0.1) is 6.61 Å². The quantitative estimate of drug-likeness (QED) is 0.412. The maximum Gasteiger partial charge on any atom is 0.161 e. The minimum absolute atomic E-state index is 0. The molecule has 2 N–H and O–H groups in total. The van der Waals surface area contributed by atoms with E-state index in [0.717, 1.165) is 49.2 Å². The fourth-order valence-corrected chi connectivity index (χ4v) is 3.08. The van der Waals surface area contributed by atoms with E-state index in [2.05, 4.69) is 5.32 Å². The van der Waals surface area contributed by atoms with Gasteiger partial charge in [-0.05, 0) is 62.6 Å². The Hall–Kier alpha value is -1.17. The molecular weight excluding hydrogens is 421 g/mol. The van der Waals surface area contributed by atoms with E-state index in [1.54, 1.807) is 12.1 Å². The van der Waals surface area contributed by atoms with Gasteiger partial charge >= 0.3 is 0 Å². The monoisotopic (exact) mass is 447 g/mol.